The molecule has 1 unspecified atom stereocenters. The first-order valence-corrected chi connectivity index (χ1v) is 7.09. The van der Waals surface area contributed by atoms with Crippen LogP contribution >= 0.6 is 0 Å². The van der Waals surface area contributed by atoms with Crippen molar-refractivity contribution < 1.29 is 0 Å². The van der Waals surface area contributed by atoms with Crippen molar-refractivity contribution in [2.75, 3.05) is 0 Å². The maximum absolute atomic E-state index is 2.52. The van der Waals surface area contributed by atoms with Gasteiger partial charge < -0.3 is 0 Å². The van der Waals surface area contributed by atoms with Crippen molar-refractivity contribution in [1.29, 1.82) is 0 Å². The molecule has 0 aromatic rings. The monoisotopic (exact) mass is 206 g/mol. The van der Waals surface area contributed by atoms with Gasteiger partial charge in [0.1, 0.15) is 0 Å². The number of fused-ring (bicyclic) bond motifs is 4. The van der Waals surface area contributed by atoms with Crippen LogP contribution in [-0.4, -0.2) is 0 Å². The van der Waals surface area contributed by atoms with Gasteiger partial charge in [0.25, 0.3) is 0 Å². The molecule has 0 heterocycles. The number of rotatable bonds is 0. The molecule has 0 bridgehead atoms. The van der Waals surface area contributed by atoms with E-state index in [1.807, 2.05) is 0 Å². The molecule has 0 N–H and O–H groups in total. The average molecular weight is 206 g/mol. The summed E-state index contributed by atoms with van der Waals surface area (Å²) in [5.74, 6) is 8.55. The first kappa shape index (κ1) is 10.2. The first-order chi connectivity index (χ1) is 7.09. The molecule has 8 atom stereocenters. The molecular weight excluding hydrogens is 180 g/mol. The molecule has 15 heavy (non-hydrogen) atoms. The summed E-state index contributed by atoms with van der Waals surface area (Å²) in [5.41, 5.74) is 0. The number of hydrogen-bond acceptors (Lipinski definition) is 0. The van der Waals surface area contributed by atoms with Crippen LogP contribution in [0.25, 0.3) is 0 Å². The zero-order chi connectivity index (χ0) is 10.7. The summed E-state index contributed by atoms with van der Waals surface area (Å²) in [4.78, 5) is 0. The molecule has 3 aliphatic carbocycles. The second-order valence-electron chi connectivity index (χ2n) is 7.07. The standard InChI is InChI=1S/C15H26/c1-8-5-12-13(6-9(8)2)15-11(4)10(3)7-14(12)15/h8-15H,5-7H2,1-4H3/t8-,9+,10+,11+,12+,13?,14+,15-/m0/s1. The van der Waals surface area contributed by atoms with E-state index in [1.165, 1.54) is 0 Å². The van der Waals surface area contributed by atoms with Crippen molar-refractivity contribution in [2.45, 2.75) is 47.0 Å². The second kappa shape index (κ2) is 3.25. The third kappa shape index (κ3) is 1.26. The van der Waals surface area contributed by atoms with Gasteiger partial charge in [-0.1, -0.05) is 27.7 Å². The minimum atomic E-state index is 0.996. The molecule has 3 fully saturated rings. The first-order valence-electron chi connectivity index (χ1n) is 7.09. The van der Waals surface area contributed by atoms with Gasteiger partial charge in [-0.3, -0.25) is 0 Å². The van der Waals surface area contributed by atoms with Crippen LogP contribution in [0.3, 0.4) is 0 Å². The summed E-state index contributed by atoms with van der Waals surface area (Å²) < 4.78 is 0. The van der Waals surface area contributed by atoms with Gasteiger partial charge >= 0.3 is 0 Å². The third-order valence-electron chi connectivity index (χ3n) is 6.50. The topological polar surface area (TPSA) is 0 Å². The number of hydrogen-bond donors (Lipinski definition) is 0. The van der Waals surface area contributed by atoms with Gasteiger partial charge in [0.15, 0.2) is 0 Å². The fourth-order valence-corrected chi connectivity index (χ4v) is 5.20. The lowest BCUT2D eigenvalue weighted by Gasteiger charge is -2.56. The predicted molar refractivity (Wildman–Crippen MR) is 64.5 cm³/mol. The van der Waals surface area contributed by atoms with Crippen molar-refractivity contribution >= 4 is 0 Å². The highest BCUT2D eigenvalue weighted by Crippen LogP contribution is 2.65. The van der Waals surface area contributed by atoms with E-state index in [0.29, 0.717) is 0 Å². The lowest BCUT2D eigenvalue weighted by atomic mass is 9.49. The smallest absolute Gasteiger partial charge is 0.0323 e. The Bertz CT molecular complexity index is 257. The van der Waals surface area contributed by atoms with Crippen LogP contribution in [0.15, 0.2) is 0 Å². The van der Waals surface area contributed by atoms with Crippen LogP contribution in [0.1, 0.15) is 47.0 Å². The molecule has 0 nitrogen and oxygen atoms in total. The van der Waals surface area contributed by atoms with Crippen LogP contribution in [0.2, 0.25) is 0 Å². The molecule has 0 aliphatic heterocycles. The molecular formula is C15H26. The van der Waals surface area contributed by atoms with Crippen LogP contribution in [0.4, 0.5) is 0 Å². The molecule has 0 heteroatoms. The van der Waals surface area contributed by atoms with Crippen molar-refractivity contribution in [3.63, 3.8) is 0 Å². The Morgan fingerprint density at radius 1 is 0.600 bits per heavy atom. The zero-order valence-electron chi connectivity index (χ0n) is 10.7. The molecule has 0 aromatic carbocycles. The highest BCUT2D eigenvalue weighted by atomic mass is 14.6. The van der Waals surface area contributed by atoms with E-state index in [-0.39, 0.29) is 0 Å². The Kier molecular flexibility index (Phi) is 2.20. The maximum atomic E-state index is 2.52. The molecule has 0 amide bonds. The van der Waals surface area contributed by atoms with Gasteiger partial charge in [0.05, 0.1) is 0 Å². The normalized spacial score (nSPS) is 63.2. The highest BCUT2D eigenvalue weighted by Gasteiger charge is 2.58. The van der Waals surface area contributed by atoms with E-state index in [4.69, 9.17) is 0 Å². The molecule has 0 spiro atoms. The van der Waals surface area contributed by atoms with Gasteiger partial charge in [-0.2, -0.15) is 0 Å². The molecule has 0 saturated heterocycles. The van der Waals surface area contributed by atoms with Crippen LogP contribution in [-0.2, 0) is 0 Å². The molecule has 0 aromatic heterocycles. The molecule has 3 saturated carbocycles. The van der Waals surface area contributed by atoms with E-state index in [2.05, 4.69) is 27.7 Å². The van der Waals surface area contributed by atoms with Crippen molar-refractivity contribution in [2.24, 2.45) is 47.3 Å². The largest absolute Gasteiger partial charge is 0.0622 e. The van der Waals surface area contributed by atoms with Gasteiger partial charge in [-0.15, -0.1) is 0 Å². The minimum absolute atomic E-state index is 0.996. The van der Waals surface area contributed by atoms with E-state index in [9.17, 15) is 0 Å². The summed E-state index contributed by atoms with van der Waals surface area (Å²) in [5, 5.41) is 0. The molecule has 3 rings (SSSR count). The van der Waals surface area contributed by atoms with Gasteiger partial charge in [-0.25, -0.2) is 0 Å². The SMILES string of the molecule is C[C@H]1[C@H]2C3C[C@@H](C)[C@@H](C)C[C@H]3[C@H]2C[C@H]1C. The predicted octanol–water partition coefficient (Wildman–Crippen LogP) is 4.21. The summed E-state index contributed by atoms with van der Waals surface area (Å²) in [7, 11) is 0. The lowest BCUT2D eigenvalue weighted by Crippen LogP contribution is -2.50. The Morgan fingerprint density at radius 3 is 1.67 bits per heavy atom. The fourth-order valence-electron chi connectivity index (χ4n) is 5.20. The molecule has 3 aliphatic rings. The van der Waals surface area contributed by atoms with Crippen molar-refractivity contribution in [3.8, 4) is 0 Å². The summed E-state index contributed by atoms with van der Waals surface area (Å²) in [6, 6.07) is 0. The van der Waals surface area contributed by atoms with Crippen molar-refractivity contribution in [3.05, 3.63) is 0 Å². The van der Waals surface area contributed by atoms with E-state index in [0.717, 1.165) is 47.3 Å². The average Bonchev–Trinajstić information content (AvgIpc) is 2.44. The summed E-state index contributed by atoms with van der Waals surface area (Å²) >= 11 is 0. The maximum Gasteiger partial charge on any atom is -0.0323 e. The Labute approximate surface area is 94.8 Å². The van der Waals surface area contributed by atoms with Crippen molar-refractivity contribution in [1.82, 2.24) is 0 Å². The minimum Gasteiger partial charge on any atom is -0.0622 e. The lowest BCUT2D eigenvalue weighted by molar-refractivity contribution is -0.0797. The van der Waals surface area contributed by atoms with E-state index in [1.54, 1.807) is 19.3 Å². The second-order valence-corrected chi connectivity index (χ2v) is 7.07. The summed E-state index contributed by atoms with van der Waals surface area (Å²) in [6.07, 6.45) is 4.64. The van der Waals surface area contributed by atoms with Crippen LogP contribution in [0.5, 0.6) is 0 Å². The van der Waals surface area contributed by atoms with Crippen LogP contribution in [0, 0.1) is 47.3 Å². The third-order valence-corrected chi connectivity index (χ3v) is 6.50. The summed E-state index contributed by atoms with van der Waals surface area (Å²) in [6.45, 7) is 9.98. The van der Waals surface area contributed by atoms with Gasteiger partial charge in [-0.05, 0) is 66.6 Å². The fraction of sp³-hybridized carbons (Fsp3) is 1.00. The quantitative estimate of drug-likeness (QED) is 0.557. The Hall–Kier alpha value is 0. The molecule has 0 radical (unpaired) electrons. The Balaban J connectivity index is 1.77. The van der Waals surface area contributed by atoms with E-state index >= 15 is 0 Å². The Morgan fingerprint density at radius 2 is 1.07 bits per heavy atom. The van der Waals surface area contributed by atoms with Crippen LogP contribution < -0.4 is 0 Å². The highest BCUT2D eigenvalue weighted by molar-refractivity contribution is 5.07. The zero-order valence-corrected chi connectivity index (χ0v) is 10.7. The molecule has 86 valence electrons. The van der Waals surface area contributed by atoms with E-state index < -0.39 is 0 Å². The van der Waals surface area contributed by atoms with Gasteiger partial charge in [0, 0.05) is 0 Å². The van der Waals surface area contributed by atoms with Gasteiger partial charge in [0.2, 0.25) is 0 Å².